The molecule has 0 aromatic heterocycles. The number of para-hydroxylation sites is 1. The molecule has 3 rings (SSSR count). The number of nitrogens with one attached hydrogen (secondary N) is 2. The molecule has 2 unspecified atom stereocenters. The van der Waals surface area contributed by atoms with Crippen LogP contribution in [0.1, 0.15) is 23.3 Å². The average molecular weight is 272 g/mol. The first-order valence-electron chi connectivity index (χ1n) is 6.36. The maximum absolute atomic E-state index is 10.4. The Hall–Kier alpha value is -2.24. The van der Waals surface area contributed by atoms with E-state index in [1.807, 2.05) is 30.3 Å². The smallest absolute Gasteiger partial charge is 0.118 e. The lowest BCUT2D eigenvalue weighted by Gasteiger charge is -2.16. The second-order valence-electron chi connectivity index (χ2n) is 4.72. The molecular weight excluding hydrogens is 256 g/mol. The fourth-order valence-electron chi connectivity index (χ4n) is 2.56. The molecule has 20 heavy (non-hydrogen) atoms. The highest BCUT2D eigenvalue weighted by Gasteiger charge is 2.33. The summed E-state index contributed by atoms with van der Waals surface area (Å²) in [5, 5.41) is 22.8. The summed E-state index contributed by atoms with van der Waals surface area (Å²) in [6.07, 6.45) is -0.660. The number of ether oxygens (including phenoxy) is 1. The number of fused-ring (bicyclic) bond motifs is 1. The van der Waals surface area contributed by atoms with Crippen molar-refractivity contribution in [1.82, 2.24) is 0 Å². The second kappa shape index (κ2) is 5.03. The first-order valence-corrected chi connectivity index (χ1v) is 6.36. The van der Waals surface area contributed by atoms with Crippen LogP contribution in [0.15, 0.2) is 42.5 Å². The van der Waals surface area contributed by atoms with E-state index < -0.39 is 6.10 Å². The van der Waals surface area contributed by atoms with Crippen molar-refractivity contribution in [1.29, 1.82) is 0 Å². The Bertz CT molecular complexity index is 613. The van der Waals surface area contributed by atoms with Gasteiger partial charge in [-0.05, 0) is 23.8 Å². The third kappa shape index (κ3) is 1.97. The lowest BCUT2D eigenvalue weighted by atomic mass is 10.00. The van der Waals surface area contributed by atoms with Gasteiger partial charge in [-0.3, -0.25) is 10.7 Å². The van der Waals surface area contributed by atoms with Gasteiger partial charge in [-0.1, -0.05) is 24.3 Å². The van der Waals surface area contributed by atoms with E-state index in [4.69, 9.17) is 9.94 Å². The summed E-state index contributed by atoms with van der Waals surface area (Å²) in [7, 11) is 1.62. The molecule has 0 saturated carbocycles. The molecule has 4 N–H and O–H groups in total. The summed E-state index contributed by atoms with van der Waals surface area (Å²) in [6, 6.07) is 12.7. The summed E-state index contributed by atoms with van der Waals surface area (Å²) in [5.74, 6) is 0.775. The zero-order valence-corrected chi connectivity index (χ0v) is 11.0. The first kappa shape index (κ1) is 12.8. The second-order valence-corrected chi connectivity index (χ2v) is 4.72. The van der Waals surface area contributed by atoms with Gasteiger partial charge >= 0.3 is 0 Å². The molecule has 0 saturated heterocycles. The number of aliphatic hydroxyl groups excluding tert-OH is 1. The number of rotatable bonds is 3. The summed E-state index contributed by atoms with van der Waals surface area (Å²) in [6.45, 7) is 0. The molecule has 2 aromatic rings. The molecule has 1 aliphatic heterocycles. The summed E-state index contributed by atoms with van der Waals surface area (Å²) < 4.78 is 5.13. The van der Waals surface area contributed by atoms with E-state index >= 15 is 0 Å². The van der Waals surface area contributed by atoms with Gasteiger partial charge in [-0.2, -0.15) is 0 Å². The van der Waals surface area contributed by atoms with E-state index in [-0.39, 0.29) is 6.04 Å². The van der Waals surface area contributed by atoms with Crippen molar-refractivity contribution in [2.45, 2.75) is 12.1 Å². The SMILES string of the molecule is COc1ccc(C2Nc3c(NO)cccc3C2O)cc1. The molecule has 5 nitrogen and oxygen atoms in total. The van der Waals surface area contributed by atoms with Gasteiger partial charge in [-0.25, -0.2) is 0 Å². The van der Waals surface area contributed by atoms with Gasteiger partial charge in [0.05, 0.1) is 24.5 Å². The first-order chi connectivity index (χ1) is 9.74. The quantitative estimate of drug-likeness (QED) is 0.646. The van der Waals surface area contributed by atoms with Gasteiger partial charge in [-0.15, -0.1) is 0 Å². The average Bonchev–Trinajstić information content (AvgIpc) is 2.85. The van der Waals surface area contributed by atoms with Crippen LogP contribution in [0.5, 0.6) is 5.75 Å². The lowest BCUT2D eigenvalue weighted by molar-refractivity contribution is 0.164. The lowest BCUT2D eigenvalue weighted by Crippen LogP contribution is -2.11. The minimum absolute atomic E-state index is 0.245. The Morgan fingerprint density at radius 3 is 2.55 bits per heavy atom. The molecule has 1 aliphatic rings. The molecule has 0 radical (unpaired) electrons. The minimum atomic E-state index is -0.660. The molecule has 2 aromatic carbocycles. The number of methoxy groups -OCH3 is 1. The van der Waals surface area contributed by atoms with E-state index in [0.717, 1.165) is 22.6 Å². The van der Waals surface area contributed by atoms with Crippen LogP contribution in [-0.4, -0.2) is 17.4 Å². The predicted molar refractivity (Wildman–Crippen MR) is 76.2 cm³/mol. The van der Waals surface area contributed by atoms with Crippen molar-refractivity contribution < 1.29 is 15.1 Å². The third-order valence-corrected chi connectivity index (χ3v) is 3.63. The van der Waals surface area contributed by atoms with Gasteiger partial charge in [0.1, 0.15) is 11.9 Å². The maximum atomic E-state index is 10.4. The monoisotopic (exact) mass is 272 g/mol. The van der Waals surface area contributed by atoms with Crippen LogP contribution in [0.4, 0.5) is 11.4 Å². The Morgan fingerprint density at radius 1 is 1.15 bits per heavy atom. The van der Waals surface area contributed by atoms with E-state index in [1.165, 1.54) is 0 Å². The standard InChI is InChI=1S/C15H16N2O3/c1-20-10-7-5-9(6-8-10)13-15(18)11-3-2-4-12(17-19)14(11)16-13/h2-8,13,15-19H,1H3. The van der Waals surface area contributed by atoms with Gasteiger partial charge in [0.2, 0.25) is 0 Å². The number of hydrogen-bond acceptors (Lipinski definition) is 5. The number of anilines is 2. The summed E-state index contributed by atoms with van der Waals surface area (Å²) in [5.41, 5.74) is 5.15. The fourth-order valence-corrected chi connectivity index (χ4v) is 2.56. The molecule has 0 spiro atoms. The summed E-state index contributed by atoms with van der Waals surface area (Å²) >= 11 is 0. The van der Waals surface area contributed by atoms with E-state index in [9.17, 15) is 5.11 Å². The van der Waals surface area contributed by atoms with E-state index in [0.29, 0.717) is 5.69 Å². The highest BCUT2D eigenvalue weighted by molar-refractivity contribution is 5.75. The third-order valence-electron chi connectivity index (χ3n) is 3.63. The number of hydrogen-bond donors (Lipinski definition) is 4. The zero-order valence-electron chi connectivity index (χ0n) is 11.0. The molecule has 0 aliphatic carbocycles. The van der Waals surface area contributed by atoms with Crippen molar-refractivity contribution in [3.8, 4) is 5.75 Å². The van der Waals surface area contributed by atoms with Crippen LogP contribution in [0, 0.1) is 0 Å². The molecule has 0 amide bonds. The number of aliphatic hydroxyl groups is 1. The van der Waals surface area contributed by atoms with Crippen molar-refractivity contribution in [3.63, 3.8) is 0 Å². The Labute approximate surface area is 116 Å². The Balaban J connectivity index is 1.94. The molecule has 104 valence electrons. The molecule has 2 atom stereocenters. The maximum Gasteiger partial charge on any atom is 0.118 e. The van der Waals surface area contributed by atoms with Crippen molar-refractivity contribution in [2.75, 3.05) is 17.9 Å². The van der Waals surface area contributed by atoms with Crippen LogP contribution in [0.25, 0.3) is 0 Å². The van der Waals surface area contributed by atoms with Crippen LogP contribution >= 0.6 is 0 Å². The van der Waals surface area contributed by atoms with Crippen LogP contribution in [0.3, 0.4) is 0 Å². The zero-order chi connectivity index (χ0) is 14.1. The van der Waals surface area contributed by atoms with E-state index in [1.54, 1.807) is 19.2 Å². The number of benzene rings is 2. The van der Waals surface area contributed by atoms with Gasteiger partial charge in [0.15, 0.2) is 0 Å². The topological polar surface area (TPSA) is 73.8 Å². The Kier molecular flexibility index (Phi) is 3.22. The summed E-state index contributed by atoms with van der Waals surface area (Å²) in [4.78, 5) is 0. The largest absolute Gasteiger partial charge is 0.497 e. The van der Waals surface area contributed by atoms with Crippen molar-refractivity contribution in [3.05, 3.63) is 53.6 Å². The molecule has 0 bridgehead atoms. The molecule has 0 fully saturated rings. The highest BCUT2D eigenvalue weighted by Crippen LogP contribution is 2.45. The highest BCUT2D eigenvalue weighted by atomic mass is 16.5. The van der Waals surface area contributed by atoms with Crippen LogP contribution in [0.2, 0.25) is 0 Å². The molecule has 1 heterocycles. The Morgan fingerprint density at radius 2 is 1.90 bits per heavy atom. The fraction of sp³-hybridized carbons (Fsp3) is 0.200. The van der Waals surface area contributed by atoms with Crippen molar-refractivity contribution >= 4 is 11.4 Å². The predicted octanol–water partition coefficient (Wildman–Crippen LogP) is 2.70. The van der Waals surface area contributed by atoms with Crippen molar-refractivity contribution in [2.24, 2.45) is 0 Å². The van der Waals surface area contributed by atoms with Crippen LogP contribution < -0.4 is 15.5 Å². The molecular formula is C15H16N2O3. The van der Waals surface area contributed by atoms with Gasteiger partial charge < -0.3 is 15.2 Å². The van der Waals surface area contributed by atoms with Gasteiger partial charge in [0.25, 0.3) is 0 Å². The van der Waals surface area contributed by atoms with E-state index in [2.05, 4.69) is 10.8 Å². The van der Waals surface area contributed by atoms with Crippen LogP contribution in [-0.2, 0) is 0 Å². The normalized spacial score (nSPS) is 20.1. The minimum Gasteiger partial charge on any atom is -0.497 e. The van der Waals surface area contributed by atoms with Gasteiger partial charge in [0, 0.05) is 5.56 Å². The molecule has 5 heteroatoms.